The molecule has 25 heavy (non-hydrogen) atoms. The molecule has 7 nitrogen and oxygen atoms in total. The minimum Gasteiger partial charge on any atom is -0.480 e. The van der Waals surface area contributed by atoms with Crippen LogP contribution in [0.3, 0.4) is 0 Å². The Balaban J connectivity index is 1.75. The summed E-state index contributed by atoms with van der Waals surface area (Å²) < 4.78 is 1.81. The molecule has 0 radical (unpaired) electrons. The number of likely N-dealkylation sites (tertiary alicyclic amines) is 1. The Morgan fingerprint density at radius 3 is 2.76 bits per heavy atom. The van der Waals surface area contributed by atoms with Gasteiger partial charge in [-0.3, -0.25) is 4.79 Å². The SMILES string of the molecule is CC[C@@H](C)[C@H](NC(=O)N1CC2CC(C1)c1cccc(=O)n1C2)C(=O)O. The van der Waals surface area contributed by atoms with E-state index in [0.717, 1.165) is 12.1 Å². The predicted octanol–water partition coefficient (Wildman–Crippen LogP) is 1.48. The molecular weight excluding hydrogens is 322 g/mol. The zero-order valence-electron chi connectivity index (χ0n) is 14.6. The summed E-state index contributed by atoms with van der Waals surface area (Å²) >= 11 is 0. The quantitative estimate of drug-likeness (QED) is 0.863. The number of fused-ring (bicyclic) bond motifs is 4. The number of rotatable bonds is 4. The topological polar surface area (TPSA) is 91.6 Å². The van der Waals surface area contributed by atoms with Crippen LogP contribution in [0, 0.1) is 11.8 Å². The Hall–Kier alpha value is -2.31. The van der Waals surface area contributed by atoms with E-state index in [2.05, 4.69) is 5.32 Å². The van der Waals surface area contributed by atoms with E-state index in [1.54, 1.807) is 17.0 Å². The molecule has 3 rings (SSSR count). The second kappa shape index (κ2) is 6.90. The number of piperidine rings is 1. The van der Waals surface area contributed by atoms with Crippen LogP contribution in [0.25, 0.3) is 0 Å². The summed E-state index contributed by atoms with van der Waals surface area (Å²) in [5.41, 5.74) is 0.978. The molecule has 2 N–H and O–H groups in total. The highest BCUT2D eigenvalue weighted by atomic mass is 16.4. The molecule has 1 aromatic rings. The van der Waals surface area contributed by atoms with Gasteiger partial charge < -0.3 is 19.9 Å². The summed E-state index contributed by atoms with van der Waals surface area (Å²) in [5.74, 6) is -0.787. The van der Waals surface area contributed by atoms with E-state index in [-0.39, 0.29) is 29.3 Å². The molecule has 136 valence electrons. The first-order chi connectivity index (χ1) is 11.9. The molecule has 7 heteroatoms. The van der Waals surface area contributed by atoms with E-state index in [9.17, 15) is 19.5 Å². The third kappa shape index (κ3) is 3.41. The third-order valence-electron chi connectivity index (χ3n) is 5.52. The van der Waals surface area contributed by atoms with Crippen LogP contribution < -0.4 is 10.9 Å². The van der Waals surface area contributed by atoms with Crippen molar-refractivity contribution in [1.29, 1.82) is 0 Å². The summed E-state index contributed by atoms with van der Waals surface area (Å²) in [6, 6.07) is 4.07. The number of carboxylic acids is 1. The fourth-order valence-corrected chi connectivity index (χ4v) is 3.97. The number of carboxylic acid groups (broad SMARTS) is 1. The van der Waals surface area contributed by atoms with E-state index in [4.69, 9.17) is 0 Å². The van der Waals surface area contributed by atoms with E-state index in [1.165, 1.54) is 0 Å². The second-order valence-corrected chi connectivity index (χ2v) is 7.25. The van der Waals surface area contributed by atoms with Crippen molar-refractivity contribution in [1.82, 2.24) is 14.8 Å². The van der Waals surface area contributed by atoms with Crippen molar-refractivity contribution in [3.63, 3.8) is 0 Å². The van der Waals surface area contributed by atoms with E-state index in [1.807, 2.05) is 24.5 Å². The van der Waals surface area contributed by atoms with Gasteiger partial charge in [0.25, 0.3) is 5.56 Å². The number of aromatic nitrogens is 1. The maximum atomic E-state index is 12.6. The lowest BCUT2D eigenvalue weighted by atomic mass is 9.83. The van der Waals surface area contributed by atoms with Gasteiger partial charge in [0.2, 0.25) is 0 Å². The van der Waals surface area contributed by atoms with Gasteiger partial charge in [-0.05, 0) is 24.3 Å². The Bertz CT molecular complexity index is 729. The fraction of sp³-hybridized carbons (Fsp3) is 0.611. The number of aliphatic carboxylic acids is 1. The molecule has 1 aromatic heterocycles. The predicted molar refractivity (Wildman–Crippen MR) is 92.5 cm³/mol. The summed E-state index contributed by atoms with van der Waals surface area (Å²) in [4.78, 5) is 37.8. The maximum absolute atomic E-state index is 12.6. The Morgan fingerprint density at radius 2 is 2.08 bits per heavy atom. The standard InChI is InChI=1S/C18H25N3O4/c1-3-11(2)16(17(23)24)19-18(25)20-8-12-7-13(10-20)14-5-4-6-15(22)21(14)9-12/h4-6,11-13,16H,3,7-10H2,1-2H3,(H,19,25)(H,23,24)/t11-,12?,13?,16+/m1/s1. The summed E-state index contributed by atoms with van der Waals surface area (Å²) in [6.45, 7) is 5.41. The minimum atomic E-state index is -1.00. The first-order valence-electron chi connectivity index (χ1n) is 8.88. The highest BCUT2D eigenvalue weighted by Gasteiger charge is 2.37. The molecule has 2 amide bonds. The maximum Gasteiger partial charge on any atom is 0.326 e. The number of amides is 2. The first kappa shape index (κ1) is 17.5. The normalized spacial score (nSPS) is 24.2. The molecule has 0 saturated carbocycles. The minimum absolute atomic E-state index is 0.00723. The number of carbonyl (C=O) groups is 2. The molecule has 2 aliphatic rings. The average Bonchev–Trinajstić information content (AvgIpc) is 2.59. The molecule has 1 fully saturated rings. The third-order valence-corrected chi connectivity index (χ3v) is 5.52. The molecule has 0 aliphatic carbocycles. The smallest absolute Gasteiger partial charge is 0.326 e. The first-order valence-corrected chi connectivity index (χ1v) is 8.88. The van der Waals surface area contributed by atoms with Gasteiger partial charge in [-0.1, -0.05) is 26.3 Å². The lowest BCUT2D eigenvalue weighted by Gasteiger charge is -2.43. The lowest BCUT2D eigenvalue weighted by molar-refractivity contribution is -0.140. The Kier molecular flexibility index (Phi) is 4.83. The van der Waals surface area contributed by atoms with Crippen LogP contribution in [-0.4, -0.2) is 45.7 Å². The molecule has 2 aliphatic heterocycles. The second-order valence-electron chi connectivity index (χ2n) is 7.25. The summed E-state index contributed by atoms with van der Waals surface area (Å²) in [5, 5.41) is 12.1. The van der Waals surface area contributed by atoms with Gasteiger partial charge in [-0.25, -0.2) is 9.59 Å². The zero-order valence-corrected chi connectivity index (χ0v) is 14.6. The van der Waals surface area contributed by atoms with Crippen molar-refractivity contribution in [3.05, 3.63) is 34.2 Å². The number of nitrogens with one attached hydrogen (secondary N) is 1. The highest BCUT2D eigenvalue weighted by Crippen LogP contribution is 2.34. The van der Waals surface area contributed by atoms with Crippen LogP contribution in [0.15, 0.2) is 23.0 Å². The highest BCUT2D eigenvalue weighted by molar-refractivity contribution is 5.83. The Morgan fingerprint density at radius 1 is 1.32 bits per heavy atom. The number of urea groups is 1. The number of nitrogens with zero attached hydrogens (tertiary/aromatic N) is 2. The zero-order chi connectivity index (χ0) is 18.1. The van der Waals surface area contributed by atoms with Crippen LogP contribution >= 0.6 is 0 Å². The van der Waals surface area contributed by atoms with E-state index in [0.29, 0.717) is 26.1 Å². The number of pyridine rings is 1. The van der Waals surface area contributed by atoms with Gasteiger partial charge in [-0.2, -0.15) is 0 Å². The van der Waals surface area contributed by atoms with E-state index < -0.39 is 12.0 Å². The fourth-order valence-electron chi connectivity index (χ4n) is 3.97. The van der Waals surface area contributed by atoms with Crippen molar-refractivity contribution < 1.29 is 14.7 Å². The van der Waals surface area contributed by atoms with Crippen molar-refractivity contribution in [2.75, 3.05) is 13.1 Å². The van der Waals surface area contributed by atoms with Gasteiger partial charge in [-0.15, -0.1) is 0 Å². The van der Waals surface area contributed by atoms with Gasteiger partial charge in [0.05, 0.1) is 0 Å². The van der Waals surface area contributed by atoms with Crippen LogP contribution in [0.5, 0.6) is 0 Å². The largest absolute Gasteiger partial charge is 0.480 e. The monoisotopic (exact) mass is 347 g/mol. The molecule has 2 bridgehead atoms. The van der Waals surface area contributed by atoms with Crippen LogP contribution in [0.2, 0.25) is 0 Å². The van der Waals surface area contributed by atoms with E-state index >= 15 is 0 Å². The molecule has 1 saturated heterocycles. The van der Waals surface area contributed by atoms with Gasteiger partial charge in [0.1, 0.15) is 6.04 Å². The van der Waals surface area contributed by atoms with Gasteiger partial charge in [0, 0.05) is 37.3 Å². The number of hydrogen-bond donors (Lipinski definition) is 2. The van der Waals surface area contributed by atoms with Crippen LogP contribution in [-0.2, 0) is 11.3 Å². The van der Waals surface area contributed by atoms with Crippen molar-refractivity contribution in [2.24, 2.45) is 11.8 Å². The van der Waals surface area contributed by atoms with Crippen molar-refractivity contribution in [3.8, 4) is 0 Å². The van der Waals surface area contributed by atoms with Crippen molar-refractivity contribution in [2.45, 2.75) is 45.2 Å². The summed E-state index contributed by atoms with van der Waals surface area (Å²) in [6.07, 6.45) is 1.64. The molecule has 4 atom stereocenters. The molecule has 0 aromatic carbocycles. The van der Waals surface area contributed by atoms with Gasteiger partial charge >= 0.3 is 12.0 Å². The molecule has 3 heterocycles. The molecule has 0 spiro atoms. The van der Waals surface area contributed by atoms with Crippen LogP contribution in [0.1, 0.15) is 38.3 Å². The number of carbonyl (C=O) groups excluding carboxylic acids is 1. The Labute approximate surface area is 146 Å². The number of hydrogen-bond acceptors (Lipinski definition) is 3. The lowest BCUT2D eigenvalue weighted by Crippen LogP contribution is -2.55. The summed E-state index contributed by atoms with van der Waals surface area (Å²) in [7, 11) is 0. The molecule has 2 unspecified atom stereocenters. The molecular formula is C18H25N3O4. The average molecular weight is 347 g/mol. The van der Waals surface area contributed by atoms with Crippen molar-refractivity contribution >= 4 is 12.0 Å². The van der Waals surface area contributed by atoms with Crippen LogP contribution in [0.4, 0.5) is 4.79 Å². The van der Waals surface area contributed by atoms with Gasteiger partial charge in [0.15, 0.2) is 0 Å².